The second kappa shape index (κ2) is 9.48. The normalized spacial score (nSPS) is 21.6. The Morgan fingerprint density at radius 1 is 1.14 bits per heavy atom. The first kappa shape index (κ1) is 25.8. The standard InChI is InChI=1S/C28H25Cl2FN2O4/c1-27(2,36)17-11-23-25(24(31)12-17)28(16-3-5-18(29)6-4-16,37-22-10-9-21(34)13-22)33(26(23)35)15-20-8-7-19(30)14-32-20/h3-8,11-12,14,22,36H,9-10,13,15H2,1-2H3/t22-,28+/m0/s1. The molecule has 0 spiro atoms. The molecule has 2 aliphatic rings. The van der Waals surface area contributed by atoms with Crippen molar-refractivity contribution >= 4 is 34.9 Å². The number of benzene rings is 2. The molecule has 1 amide bonds. The average Bonchev–Trinajstić information content (AvgIpc) is 3.35. The van der Waals surface area contributed by atoms with Crippen LogP contribution in [0.4, 0.5) is 4.39 Å². The number of aromatic nitrogens is 1. The smallest absolute Gasteiger partial charge is 0.257 e. The number of carbonyl (C=O) groups excluding carboxylic acids is 2. The van der Waals surface area contributed by atoms with E-state index >= 15 is 4.39 Å². The van der Waals surface area contributed by atoms with Gasteiger partial charge in [-0.3, -0.25) is 19.5 Å². The minimum Gasteiger partial charge on any atom is -0.386 e. The molecule has 5 rings (SSSR count). The van der Waals surface area contributed by atoms with Crippen LogP contribution in [0, 0.1) is 5.82 Å². The molecular weight excluding hydrogens is 518 g/mol. The highest BCUT2D eigenvalue weighted by Crippen LogP contribution is 2.50. The van der Waals surface area contributed by atoms with Crippen LogP contribution in [0.5, 0.6) is 0 Å². The van der Waals surface area contributed by atoms with Gasteiger partial charge in [0.25, 0.3) is 5.91 Å². The van der Waals surface area contributed by atoms with Crippen molar-refractivity contribution in [3.8, 4) is 0 Å². The van der Waals surface area contributed by atoms with Gasteiger partial charge < -0.3 is 9.84 Å². The molecule has 0 unspecified atom stereocenters. The van der Waals surface area contributed by atoms with Crippen LogP contribution in [0.25, 0.3) is 0 Å². The van der Waals surface area contributed by atoms with Crippen molar-refractivity contribution in [1.82, 2.24) is 9.88 Å². The number of Topliss-reactive ketones (excluding diaryl/α,β-unsaturated/α-hetero) is 1. The van der Waals surface area contributed by atoms with Gasteiger partial charge in [-0.2, -0.15) is 0 Å². The maximum Gasteiger partial charge on any atom is 0.257 e. The van der Waals surface area contributed by atoms with Crippen molar-refractivity contribution in [2.45, 2.75) is 57.1 Å². The van der Waals surface area contributed by atoms with Crippen LogP contribution in [0.3, 0.4) is 0 Å². The minimum absolute atomic E-state index is 0.0226. The quantitative estimate of drug-likeness (QED) is 0.429. The first-order valence-corrected chi connectivity index (χ1v) is 12.7. The largest absolute Gasteiger partial charge is 0.386 e. The number of pyridine rings is 1. The molecule has 2 heterocycles. The van der Waals surface area contributed by atoms with E-state index in [1.807, 2.05) is 0 Å². The van der Waals surface area contributed by atoms with Gasteiger partial charge in [0.2, 0.25) is 5.72 Å². The summed E-state index contributed by atoms with van der Waals surface area (Å²) in [6, 6.07) is 12.7. The summed E-state index contributed by atoms with van der Waals surface area (Å²) < 4.78 is 22.8. The van der Waals surface area contributed by atoms with Crippen LogP contribution >= 0.6 is 23.2 Å². The molecule has 0 radical (unpaired) electrons. The predicted octanol–water partition coefficient (Wildman–Crippen LogP) is 5.75. The summed E-state index contributed by atoms with van der Waals surface area (Å²) in [6.45, 7) is 3.03. The first-order chi connectivity index (χ1) is 17.5. The fourth-order valence-corrected chi connectivity index (χ4v) is 5.27. The highest BCUT2D eigenvalue weighted by Gasteiger charge is 2.56. The van der Waals surface area contributed by atoms with Crippen LogP contribution < -0.4 is 0 Å². The number of amides is 1. The lowest BCUT2D eigenvalue weighted by Crippen LogP contribution is -2.48. The SMILES string of the molecule is CC(C)(O)c1cc(F)c2c(c1)C(=O)N(Cc1ccc(Cl)cn1)[C@@]2(O[C@H]1CCC(=O)C1)c1ccc(Cl)cc1. The van der Waals surface area contributed by atoms with E-state index in [0.29, 0.717) is 34.1 Å². The maximum atomic E-state index is 16.1. The highest BCUT2D eigenvalue weighted by atomic mass is 35.5. The van der Waals surface area contributed by atoms with Gasteiger partial charge in [-0.25, -0.2) is 4.39 Å². The summed E-state index contributed by atoms with van der Waals surface area (Å²) >= 11 is 12.2. The van der Waals surface area contributed by atoms with Crippen molar-refractivity contribution in [2.75, 3.05) is 0 Å². The monoisotopic (exact) mass is 542 g/mol. The number of ketones is 1. The zero-order chi connectivity index (χ0) is 26.5. The van der Waals surface area contributed by atoms with E-state index < -0.39 is 29.2 Å². The molecule has 6 nitrogen and oxygen atoms in total. The Kier molecular flexibility index (Phi) is 6.61. The molecule has 1 saturated carbocycles. The van der Waals surface area contributed by atoms with Crippen LogP contribution in [-0.2, 0) is 27.4 Å². The lowest BCUT2D eigenvalue weighted by atomic mass is 9.88. The molecule has 9 heteroatoms. The van der Waals surface area contributed by atoms with Crippen molar-refractivity contribution < 1.29 is 23.8 Å². The molecule has 1 N–H and O–H groups in total. The third kappa shape index (κ3) is 4.66. The lowest BCUT2D eigenvalue weighted by Gasteiger charge is -2.41. The molecule has 1 aliphatic carbocycles. The molecule has 2 atom stereocenters. The van der Waals surface area contributed by atoms with E-state index in [9.17, 15) is 14.7 Å². The number of nitrogens with zero attached hydrogens (tertiary/aromatic N) is 2. The van der Waals surface area contributed by atoms with Crippen LogP contribution in [0.1, 0.15) is 65.9 Å². The fraction of sp³-hybridized carbons (Fsp3) is 0.321. The summed E-state index contributed by atoms with van der Waals surface area (Å²) in [5.41, 5.74) is -1.74. The summed E-state index contributed by atoms with van der Waals surface area (Å²) in [6.07, 6.45) is 1.90. The number of hydrogen-bond acceptors (Lipinski definition) is 5. The summed E-state index contributed by atoms with van der Waals surface area (Å²) in [5, 5.41) is 11.5. The van der Waals surface area contributed by atoms with Crippen LogP contribution in [-0.4, -0.2) is 32.8 Å². The first-order valence-electron chi connectivity index (χ1n) is 11.9. The Hall–Kier alpha value is -2.84. The Labute approximate surface area is 224 Å². The molecule has 37 heavy (non-hydrogen) atoms. The molecule has 1 fully saturated rings. The van der Waals surface area contributed by atoms with Gasteiger partial charge in [0.05, 0.1) is 40.1 Å². The lowest BCUT2D eigenvalue weighted by molar-refractivity contribution is -0.149. The summed E-state index contributed by atoms with van der Waals surface area (Å²) in [5.74, 6) is -1.14. The fourth-order valence-electron chi connectivity index (χ4n) is 5.03. The summed E-state index contributed by atoms with van der Waals surface area (Å²) in [7, 11) is 0. The van der Waals surface area contributed by atoms with Crippen LogP contribution in [0.15, 0.2) is 54.7 Å². The van der Waals surface area contributed by atoms with Gasteiger partial charge in [0.15, 0.2) is 0 Å². The third-order valence-corrected chi connectivity index (χ3v) is 7.35. The number of rotatable bonds is 6. The molecule has 1 aliphatic heterocycles. The van der Waals surface area contributed by atoms with E-state index in [-0.39, 0.29) is 35.4 Å². The zero-order valence-electron chi connectivity index (χ0n) is 20.3. The van der Waals surface area contributed by atoms with Gasteiger partial charge >= 0.3 is 0 Å². The number of aliphatic hydroxyl groups is 1. The van der Waals surface area contributed by atoms with E-state index in [4.69, 9.17) is 27.9 Å². The van der Waals surface area contributed by atoms with Gasteiger partial charge in [-0.1, -0.05) is 35.3 Å². The van der Waals surface area contributed by atoms with Gasteiger partial charge in [-0.15, -0.1) is 0 Å². The zero-order valence-corrected chi connectivity index (χ0v) is 21.8. The predicted molar refractivity (Wildman–Crippen MR) is 137 cm³/mol. The Morgan fingerprint density at radius 3 is 2.43 bits per heavy atom. The molecule has 3 aromatic rings. The second-order valence-corrected chi connectivity index (χ2v) is 10.8. The highest BCUT2D eigenvalue weighted by molar-refractivity contribution is 6.30. The van der Waals surface area contributed by atoms with Crippen molar-refractivity contribution in [2.24, 2.45) is 0 Å². The number of fused-ring (bicyclic) bond motifs is 1. The van der Waals surface area contributed by atoms with E-state index in [1.165, 1.54) is 37.1 Å². The van der Waals surface area contributed by atoms with E-state index in [2.05, 4.69) is 4.98 Å². The van der Waals surface area contributed by atoms with Crippen molar-refractivity contribution in [3.63, 3.8) is 0 Å². The number of carbonyl (C=O) groups is 2. The number of halogens is 3. The summed E-state index contributed by atoms with van der Waals surface area (Å²) in [4.78, 5) is 32.0. The van der Waals surface area contributed by atoms with Crippen LogP contribution in [0.2, 0.25) is 10.0 Å². The topological polar surface area (TPSA) is 79.7 Å². The Balaban J connectivity index is 1.76. The van der Waals surface area contributed by atoms with Crippen molar-refractivity contribution in [1.29, 1.82) is 0 Å². The molecule has 2 aromatic carbocycles. The number of ether oxygens (including phenoxy) is 1. The van der Waals surface area contributed by atoms with Gasteiger partial charge in [0.1, 0.15) is 11.6 Å². The molecule has 1 aromatic heterocycles. The molecule has 192 valence electrons. The third-order valence-electron chi connectivity index (χ3n) is 6.87. The van der Waals surface area contributed by atoms with E-state index in [1.54, 1.807) is 36.4 Å². The van der Waals surface area contributed by atoms with Crippen molar-refractivity contribution in [3.05, 3.63) is 98.5 Å². The molecule has 0 saturated heterocycles. The number of hydrogen-bond donors (Lipinski definition) is 1. The Morgan fingerprint density at radius 2 is 1.84 bits per heavy atom. The Bertz CT molecular complexity index is 1370. The second-order valence-electron chi connectivity index (χ2n) is 9.97. The van der Waals surface area contributed by atoms with E-state index in [0.717, 1.165) is 0 Å². The molecular formula is C28H25Cl2FN2O4. The average molecular weight is 543 g/mol. The van der Waals surface area contributed by atoms with Gasteiger partial charge in [0, 0.05) is 29.6 Å². The van der Waals surface area contributed by atoms with Gasteiger partial charge in [-0.05, 0) is 62.2 Å². The molecule has 0 bridgehead atoms. The maximum absolute atomic E-state index is 16.1. The minimum atomic E-state index is -1.70.